The molecule has 0 heterocycles. The van der Waals surface area contributed by atoms with Crippen LogP contribution in [0.25, 0.3) is 0 Å². The molecule has 0 aromatic heterocycles. The number of ether oxygens (including phenoxy) is 1. The van der Waals surface area contributed by atoms with E-state index >= 15 is 0 Å². The molecule has 3 aromatic carbocycles. The van der Waals surface area contributed by atoms with Gasteiger partial charge in [0.2, 0.25) is 5.91 Å². The maximum absolute atomic E-state index is 13.6. The molecule has 0 aliphatic carbocycles. The first-order valence-corrected chi connectivity index (χ1v) is 12.8. The number of halogens is 1. The molecule has 3 aromatic rings. The molecule has 0 aliphatic rings. The molecule has 34 heavy (non-hydrogen) atoms. The number of carbonyl (C=O) groups is 1. The standard InChI is InChI=1S/C26H29ClN2O4S/c1-5-24(20-11-13-21(33-4)14-12-20)28-26(30)17-29(25-8-6-7-23(27)19(25)3)34(31,32)22-15-9-18(2)10-16-22/h6-16,24H,5,17H2,1-4H3,(H,28,30)/t24-/m0/s1. The predicted molar refractivity (Wildman–Crippen MR) is 136 cm³/mol. The normalized spacial score (nSPS) is 12.1. The highest BCUT2D eigenvalue weighted by molar-refractivity contribution is 7.92. The average molecular weight is 501 g/mol. The molecule has 0 saturated carbocycles. The summed E-state index contributed by atoms with van der Waals surface area (Å²) in [6.07, 6.45) is 0.638. The van der Waals surface area contributed by atoms with Crippen molar-refractivity contribution >= 4 is 33.2 Å². The van der Waals surface area contributed by atoms with E-state index in [2.05, 4.69) is 5.32 Å². The van der Waals surface area contributed by atoms with Gasteiger partial charge < -0.3 is 10.1 Å². The van der Waals surface area contributed by atoms with Crippen molar-refractivity contribution in [1.29, 1.82) is 0 Å². The third-order valence-electron chi connectivity index (χ3n) is 5.67. The quantitative estimate of drug-likeness (QED) is 0.425. The molecule has 1 atom stereocenters. The van der Waals surface area contributed by atoms with Crippen molar-refractivity contribution in [1.82, 2.24) is 5.32 Å². The van der Waals surface area contributed by atoms with Crippen molar-refractivity contribution in [2.45, 2.75) is 38.1 Å². The summed E-state index contributed by atoms with van der Waals surface area (Å²) < 4.78 is 33.6. The summed E-state index contributed by atoms with van der Waals surface area (Å²) in [4.78, 5) is 13.3. The number of amides is 1. The van der Waals surface area contributed by atoms with Crippen molar-refractivity contribution in [3.05, 3.63) is 88.4 Å². The number of benzene rings is 3. The van der Waals surface area contributed by atoms with E-state index in [0.717, 1.165) is 21.2 Å². The number of nitrogens with zero attached hydrogens (tertiary/aromatic N) is 1. The van der Waals surface area contributed by atoms with E-state index in [1.165, 1.54) is 0 Å². The van der Waals surface area contributed by atoms with Crippen LogP contribution in [0.1, 0.15) is 36.1 Å². The van der Waals surface area contributed by atoms with Crippen molar-refractivity contribution in [3.8, 4) is 5.75 Å². The first kappa shape index (κ1) is 25.6. The van der Waals surface area contributed by atoms with Gasteiger partial charge in [-0.3, -0.25) is 9.10 Å². The van der Waals surface area contributed by atoms with E-state index < -0.39 is 15.9 Å². The van der Waals surface area contributed by atoms with Crippen molar-refractivity contribution < 1.29 is 17.9 Å². The van der Waals surface area contributed by atoms with Gasteiger partial charge in [-0.05, 0) is 67.8 Å². The highest BCUT2D eigenvalue weighted by Crippen LogP contribution is 2.31. The Morgan fingerprint density at radius 2 is 1.68 bits per heavy atom. The van der Waals surface area contributed by atoms with E-state index in [1.807, 2.05) is 38.1 Å². The lowest BCUT2D eigenvalue weighted by molar-refractivity contribution is -0.120. The molecule has 3 rings (SSSR count). The van der Waals surface area contributed by atoms with Gasteiger partial charge in [-0.2, -0.15) is 0 Å². The fourth-order valence-corrected chi connectivity index (χ4v) is 5.28. The van der Waals surface area contributed by atoms with E-state index in [9.17, 15) is 13.2 Å². The Labute approximate surface area is 206 Å². The van der Waals surface area contributed by atoms with Crippen LogP contribution in [-0.4, -0.2) is 28.0 Å². The highest BCUT2D eigenvalue weighted by atomic mass is 35.5. The van der Waals surface area contributed by atoms with Gasteiger partial charge in [-0.15, -0.1) is 0 Å². The van der Waals surface area contributed by atoms with Gasteiger partial charge in [0.25, 0.3) is 10.0 Å². The van der Waals surface area contributed by atoms with Crippen molar-refractivity contribution in [2.24, 2.45) is 0 Å². The van der Waals surface area contributed by atoms with E-state index in [1.54, 1.807) is 56.5 Å². The van der Waals surface area contributed by atoms with E-state index in [0.29, 0.717) is 22.7 Å². The van der Waals surface area contributed by atoms with Crippen molar-refractivity contribution in [2.75, 3.05) is 18.0 Å². The minimum Gasteiger partial charge on any atom is -0.497 e. The van der Waals surface area contributed by atoms with Gasteiger partial charge in [-0.25, -0.2) is 8.42 Å². The van der Waals surface area contributed by atoms with Crippen LogP contribution in [0, 0.1) is 13.8 Å². The van der Waals surface area contributed by atoms with Gasteiger partial charge in [0.1, 0.15) is 12.3 Å². The molecule has 0 unspecified atom stereocenters. The lowest BCUT2D eigenvalue weighted by Gasteiger charge is -2.27. The summed E-state index contributed by atoms with van der Waals surface area (Å²) in [5, 5.41) is 3.39. The second-order valence-corrected chi connectivity index (χ2v) is 10.3. The summed E-state index contributed by atoms with van der Waals surface area (Å²) in [7, 11) is -2.43. The number of anilines is 1. The lowest BCUT2D eigenvalue weighted by Crippen LogP contribution is -2.42. The van der Waals surface area contributed by atoms with E-state index in [-0.39, 0.29) is 17.5 Å². The van der Waals surface area contributed by atoms with Crippen LogP contribution in [0.15, 0.2) is 71.6 Å². The Bertz CT molecular complexity index is 1240. The third-order valence-corrected chi connectivity index (χ3v) is 7.85. The predicted octanol–water partition coefficient (Wildman–Crippen LogP) is 5.43. The topological polar surface area (TPSA) is 75.7 Å². The summed E-state index contributed by atoms with van der Waals surface area (Å²) in [5.41, 5.74) is 2.78. The zero-order chi connectivity index (χ0) is 24.9. The Balaban J connectivity index is 1.94. The smallest absolute Gasteiger partial charge is 0.264 e. The molecule has 0 bridgehead atoms. The molecule has 6 nitrogen and oxygen atoms in total. The average Bonchev–Trinajstić information content (AvgIpc) is 2.83. The van der Waals surface area contributed by atoms with Crippen LogP contribution >= 0.6 is 11.6 Å². The number of hydrogen-bond donors (Lipinski definition) is 1. The summed E-state index contributed by atoms with van der Waals surface area (Å²) in [6.45, 7) is 5.19. The highest BCUT2D eigenvalue weighted by Gasteiger charge is 2.29. The molecule has 0 spiro atoms. The number of aryl methyl sites for hydroxylation is 1. The van der Waals surface area contributed by atoms with E-state index in [4.69, 9.17) is 16.3 Å². The number of carbonyl (C=O) groups excluding carboxylic acids is 1. The first-order valence-electron chi connectivity index (χ1n) is 10.9. The van der Waals surface area contributed by atoms with Crippen LogP contribution in [0.5, 0.6) is 5.75 Å². The SMILES string of the molecule is CC[C@H](NC(=O)CN(c1cccc(Cl)c1C)S(=O)(=O)c1ccc(C)cc1)c1ccc(OC)cc1. The van der Waals surface area contributed by atoms with Gasteiger partial charge in [0, 0.05) is 5.02 Å². The zero-order valence-electron chi connectivity index (χ0n) is 19.7. The Kier molecular flexibility index (Phi) is 8.23. The molecule has 1 amide bonds. The fourth-order valence-electron chi connectivity index (χ4n) is 3.63. The molecule has 180 valence electrons. The van der Waals surface area contributed by atoms with Crippen LogP contribution in [-0.2, 0) is 14.8 Å². The Morgan fingerprint density at radius 3 is 2.26 bits per heavy atom. The zero-order valence-corrected chi connectivity index (χ0v) is 21.3. The van der Waals surface area contributed by atoms with Crippen LogP contribution in [0.3, 0.4) is 0 Å². The van der Waals surface area contributed by atoms with Gasteiger partial charge >= 0.3 is 0 Å². The minimum absolute atomic E-state index is 0.104. The maximum atomic E-state index is 13.6. The molecule has 8 heteroatoms. The molecule has 0 fully saturated rings. The lowest BCUT2D eigenvalue weighted by atomic mass is 10.0. The fraction of sp³-hybridized carbons (Fsp3) is 0.269. The number of methoxy groups -OCH3 is 1. The maximum Gasteiger partial charge on any atom is 0.264 e. The molecule has 1 N–H and O–H groups in total. The number of rotatable bonds is 9. The third kappa shape index (κ3) is 5.72. The number of hydrogen-bond acceptors (Lipinski definition) is 4. The molecule has 0 radical (unpaired) electrons. The van der Waals surface area contributed by atoms with Crippen molar-refractivity contribution in [3.63, 3.8) is 0 Å². The molecule has 0 saturated heterocycles. The molecule has 0 aliphatic heterocycles. The Morgan fingerprint density at radius 1 is 1.03 bits per heavy atom. The second-order valence-electron chi connectivity index (χ2n) is 8.01. The van der Waals surface area contributed by atoms with Crippen LogP contribution in [0.4, 0.5) is 5.69 Å². The monoisotopic (exact) mass is 500 g/mol. The number of sulfonamides is 1. The molecular weight excluding hydrogens is 472 g/mol. The first-order chi connectivity index (χ1) is 16.2. The largest absolute Gasteiger partial charge is 0.497 e. The summed E-state index contributed by atoms with van der Waals surface area (Å²) >= 11 is 6.29. The summed E-state index contributed by atoms with van der Waals surface area (Å²) in [5.74, 6) is 0.300. The van der Waals surface area contributed by atoms with Gasteiger partial charge in [0.15, 0.2) is 0 Å². The van der Waals surface area contributed by atoms with Crippen LogP contribution in [0.2, 0.25) is 5.02 Å². The van der Waals surface area contributed by atoms with Crippen LogP contribution < -0.4 is 14.4 Å². The number of nitrogens with one attached hydrogen (secondary N) is 1. The minimum atomic E-state index is -4.02. The molecular formula is C26H29ClN2O4S. The van der Waals surface area contributed by atoms with Gasteiger partial charge in [-0.1, -0.05) is 54.4 Å². The Hall–Kier alpha value is -3.03. The van der Waals surface area contributed by atoms with Gasteiger partial charge in [0.05, 0.1) is 23.7 Å². The second kappa shape index (κ2) is 10.9. The summed E-state index contributed by atoms with van der Waals surface area (Å²) in [6, 6.07) is 18.7.